The molecule has 1 N–H and O–H groups in total. The summed E-state index contributed by atoms with van der Waals surface area (Å²) >= 11 is 0. The summed E-state index contributed by atoms with van der Waals surface area (Å²) in [5, 5.41) is 3.58. The monoisotopic (exact) mass is 349 g/mol. The van der Waals surface area contributed by atoms with Gasteiger partial charge in [-0.05, 0) is 38.1 Å². The van der Waals surface area contributed by atoms with Crippen molar-refractivity contribution in [3.8, 4) is 0 Å². The molecule has 1 heterocycles. The molecule has 0 atom stereocenters. The van der Waals surface area contributed by atoms with Crippen LogP contribution in [0.1, 0.15) is 25.7 Å². The van der Waals surface area contributed by atoms with E-state index in [0.717, 1.165) is 25.3 Å². The van der Waals surface area contributed by atoms with Crippen LogP contribution in [0.3, 0.4) is 0 Å². The molecule has 2 aliphatic rings. The smallest absolute Gasteiger partial charge is 0.282 e. The van der Waals surface area contributed by atoms with Gasteiger partial charge in [-0.25, -0.2) is 0 Å². The van der Waals surface area contributed by atoms with E-state index in [2.05, 4.69) is 5.32 Å². The lowest BCUT2D eigenvalue weighted by molar-refractivity contribution is 0.145. The predicted molar refractivity (Wildman–Crippen MR) is 89.6 cm³/mol. The fourth-order valence-corrected chi connectivity index (χ4v) is 4.45. The summed E-state index contributed by atoms with van der Waals surface area (Å²) in [7, 11) is -0.269. The van der Waals surface area contributed by atoms with Crippen LogP contribution in [0.4, 0.5) is 0 Å². The Morgan fingerprint density at radius 1 is 1.04 bits per heavy atom. The molecule has 136 valence electrons. The lowest BCUT2D eigenvalue weighted by Gasteiger charge is -2.35. The SMILES string of the molecule is COCCN(CCOC)S(=O)(=O)N1CCC(NCC2CC2)CC1. The molecule has 1 aliphatic heterocycles. The molecule has 2 fully saturated rings. The number of rotatable bonds is 11. The van der Waals surface area contributed by atoms with Crippen molar-refractivity contribution in [1.82, 2.24) is 13.9 Å². The van der Waals surface area contributed by atoms with Crippen molar-refractivity contribution in [2.45, 2.75) is 31.7 Å². The first-order valence-electron chi connectivity index (χ1n) is 8.54. The maximum atomic E-state index is 12.8. The van der Waals surface area contributed by atoms with Crippen molar-refractivity contribution in [2.75, 3.05) is 60.2 Å². The number of hydrogen-bond donors (Lipinski definition) is 1. The van der Waals surface area contributed by atoms with Gasteiger partial charge in [0.1, 0.15) is 0 Å². The first-order chi connectivity index (χ1) is 11.1. The molecule has 1 aliphatic carbocycles. The minimum absolute atomic E-state index is 0.363. The Morgan fingerprint density at radius 3 is 2.09 bits per heavy atom. The van der Waals surface area contributed by atoms with Gasteiger partial charge in [0.05, 0.1) is 13.2 Å². The third-order valence-corrected chi connectivity index (χ3v) is 6.62. The maximum Gasteiger partial charge on any atom is 0.282 e. The second-order valence-electron chi connectivity index (χ2n) is 6.42. The lowest BCUT2D eigenvalue weighted by Crippen LogP contribution is -2.51. The van der Waals surface area contributed by atoms with E-state index in [1.54, 1.807) is 18.5 Å². The van der Waals surface area contributed by atoms with Crippen LogP contribution < -0.4 is 5.32 Å². The molecule has 0 bridgehead atoms. The molecule has 0 amide bonds. The number of nitrogens with zero attached hydrogens (tertiary/aromatic N) is 2. The van der Waals surface area contributed by atoms with E-state index in [9.17, 15) is 8.42 Å². The maximum absolute atomic E-state index is 12.8. The Kier molecular flexibility index (Phi) is 7.71. The highest BCUT2D eigenvalue weighted by molar-refractivity contribution is 7.86. The summed E-state index contributed by atoms with van der Waals surface area (Å²) in [6, 6.07) is 0.452. The minimum atomic E-state index is -3.43. The lowest BCUT2D eigenvalue weighted by atomic mass is 10.1. The van der Waals surface area contributed by atoms with Crippen LogP contribution in [-0.4, -0.2) is 83.2 Å². The zero-order valence-corrected chi connectivity index (χ0v) is 15.2. The summed E-state index contributed by atoms with van der Waals surface area (Å²) < 4.78 is 38.7. The average molecular weight is 349 g/mol. The highest BCUT2D eigenvalue weighted by Gasteiger charge is 2.33. The quantitative estimate of drug-likeness (QED) is 0.581. The number of ether oxygens (including phenoxy) is 2. The molecular weight excluding hydrogens is 318 g/mol. The van der Waals surface area contributed by atoms with Crippen LogP contribution in [0.15, 0.2) is 0 Å². The molecule has 0 radical (unpaired) electrons. The Balaban J connectivity index is 1.83. The molecule has 2 rings (SSSR count). The van der Waals surface area contributed by atoms with E-state index in [-0.39, 0.29) is 0 Å². The Hall–Kier alpha value is -0.250. The summed E-state index contributed by atoms with van der Waals surface area (Å²) in [5.41, 5.74) is 0. The molecular formula is C15H31N3O4S. The van der Waals surface area contributed by atoms with E-state index in [4.69, 9.17) is 9.47 Å². The van der Waals surface area contributed by atoms with Crippen molar-refractivity contribution >= 4 is 10.2 Å². The fraction of sp³-hybridized carbons (Fsp3) is 1.00. The molecule has 0 aromatic heterocycles. The van der Waals surface area contributed by atoms with Crippen LogP contribution in [0.5, 0.6) is 0 Å². The standard InChI is InChI=1S/C15H31N3O4S/c1-21-11-9-18(10-12-22-2)23(19,20)17-7-5-15(6-8-17)16-13-14-3-4-14/h14-16H,3-13H2,1-2H3. The summed E-state index contributed by atoms with van der Waals surface area (Å²) in [5.74, 6) is 0.857. The Bertz CT molecular complexity index is 426. The number of nitrogens with one attached hydrogen (secondary N) is 1. The summed E-state index contributed by atoms with van der Waals surface area (Å²) in [6.07, 6.45) is 4.45. The molecule has 0 aromatic rings. The van der Waals surface area contributed by atoms with E-state index in [1.807, 2.05) is 0 Å². The summed E-state index contributed by atoms with van der Waals surface area (Å²) in [4.78, 5) is 0. The second-order valence-corrected chi connectivity index (χ2v) is 8.35. The molecule has 8 heteroatoms. The average Bonchev–Trinajstić information content (AvgIpc) is 3.37. The Labute approximate surface area is 140 Å². The van der Waals surface area contributed by atoms with Gasteiger partial charge in [0.2, 0.25) is 0 Å². The number of methoxy groups -OCH3 is 2. The highest BCUT2D eigenvalue weighted by Crippen LogP contribution is 2.28. The van der Waals surface area contributed by atoms with Gasteiger partial charge in [0.25, 0.3) is 10.2 Å². The first-order valence-corrected chi connectivity index (χ1v) is 9.94. The van der Waals surface area contributed by atoms with Gasteiger partial charge >= 0.3 is 0 Å². The second kappa shape index (κ2) is 9.29. The fourth-order valence-electron chi connectivity index (χ4n) is 2.84. The van der Waals surface area contributed by atoms with E-state index < -0.39 is 10.2 Å². The van der Waals surface area contributed by atoms with E-state index in [1.165, 1.54) is 17.1 Å². The van der Waals surface area contributed by atoms with Crippen LogP contribution in [-0.2, 0) is 19.7 Å². The zero-order valence-electron chi connectivity index (χ0n) is 14.4. The third-order valence-electron chi connectivity index (χ3n) is 4.59. The highest BCUT2D eigenvalue weighted by atomic mass is 32.2. The van der Waals surface area contributed by atoms with Crippen molar-refractivity contribution in [1.29, 1.82) is 0 Å². The molecule has 0 aromatic carbocycles. The van der Waals surface area contributed by atoms with Crippen molar-refractivity contribution in [3.05, 3.63) is 0 Å². The first kappa shape index (κ1) is 19.1. The molecule has 1 saturated heterocycles. The van der Waals surface area contributed by atoms with Crippen LogP contribution in [0, 0.1) is 5.92 Å². The number of hydrogen-bond acceptors (Lipinski definition) is 5. The van der Waals surface area contributed by atoms with Gasteiger partial charge in [-0.3, -0.25) is 0 Å². The van der Waals surface area contributed by atoms with Crippen molar-refractivity contribution in [2.24, 2.45) is 5.92 Å². The van der Waals surface area contributed by atoms with Crippen LogP contribution in [0.2, 0.25) is 0 Å². The van der Waals surface area contributed by atoms with E-state index in [0.29, 0.717) is 45.4 Å². The van der Waals surface area contributed by atoms with Crippen molar-refractivity contribution < 1.29 is 17.9 Å². The number of piperidine rings is 1. The molecule has 23 heavy (non-hydrogen) atoms. The summed E-state index contributed by atoms with van der Waals surface area (Å²) in [6.45, 7) is 3.77. The normalized spacial score (nSPS) is 21.2. The van der Waals surface area contributed by atoms with Crippen LogP contribution >= 0.6 is 0 Å². The van der Waals surface area contributed by atoms with Gasteiger partial charge in [-0.2, -0.15) is 17.0 Å². The molecule has 1 saturated carbocycles. The minimum Gasteiger partial charge on any atom is -0.383 e. The Morgan fingerprint density at radius 2 is 1.61 bits per heavy atom. The third kappa shape index (κ3) is 5.95. The molecule has 0 unspecified atom stereocenters. The van der Waals surface area contributed by atoms with Gasteiger partial charge in [0, 0.05) is 46.4 Å². The van der Waals surface area contributed by atoms with Crippen molar-refractivity contribution in [3.63, 3.8) is 0 Å². The topological polar surface area (TPSA) is 71.1 Å². The van der Waals surface area contributed by atoms with Gasteiger partial charge in [0.15, 0.2) is 0 Å². The van der Waals surface area contributed by atoms with Gasteiger partial charge in [-0.15, -0.1) is 0 Å². The van der Waals surface area contributed by atoms with Gasteiger partial charge in [-0.1, -0.05) is 0 Å². The van der Waals surface area contributed by atoms with E-state index >= 15 is 0 Å². The largest absolute Gasteiger partial charge is 0.383 e. The zero-order chi connectivity index (χ0) is 16.7. The molecule has 0 spiro atoms. The predicted octanol–water partition coefficient (Wildman–Crippen LogP) is 0.290. The van der Waals surface area contributed by atoms with Gasteiger partial charge < -0.3 is 14.8 Å². The van der Waals surface area contributed by atoms with Crippen LogP contribution in [0.25, 0.3) is 0 Å². The molecule has 7 nitrogen and oxygen atoms in total.